The van der Waals surface area contributed by atoms with Gasteiger partial charge in [-0.25, -0.2) is 0 Å². The maximum Gasteiger partial charge on any atom is 0.305 e. The lowest BCUT2D eigenvalue weighted by Crippen LogP contribution is -2.18. The van der Waals surface area contributed by atoms with Gasteiger partial charge in [-0.1, -0.05) is 0 Å². The smallest absolute Gasteiger partial charge is 0.305 e. The van der Waals surface area contributed by atoms with Crippen molar-refractivity contribution in [3.05, 3.63) is 0 Å². The summed E-state index contributed by atoms with van der Waals surface area (Å²) in [7, 11) is 0. The zero-order chi connectivity index (χ0) is 9.56. The lowest BCUT2D eigenvalue weighted by Gasteiger charge is -2.05. The topological polar surface area (TPSA) is 63.6 Å². The molecule has 70 valence electrons. The predicted octanol–water partition coefficient (Wildman–Crippen LogP) is 0.280. The maximum absolute atomic E-state index is 10.7. The Morgan fingerprint density at radius 3 is 2.50 bits per heavy atom. The van der Waals surface area contributed by atoms with Crippen LogP contribution in [0.15, 0.2) is 0 Å². The van der Waals surface area contributed by atoms with Crippen molar-refractivity contribution in [3.8, 4) is 0 Å². The van der Waals surface area contributed by atoms with E-state index in [1.54, 1.807) is 6.92 Å². The Labute approximate surface area is 71.5 Å². The number of ketones is 1. The molecule has 0 aromatic heterocycles. The van der Waals surface area contributed by atoms with Crippen molar-refractivity contribution in [1.29, 1.82) is 0 Å². The quantitative estimate of drug-likeness (QED) is 0.608. The lowest BCUT2D eigenvalue weighted by molar-refractivity contribution is -0.144. The van der Waals surface area contributed by atoms with Gasteiger partial charge in [-0.05, 0) is 20.3 Å². The Balaban J connectivity index is 3.54. The summed E-state index contributed by atoms with van der Waals surface area (Å²) in [5.74, 6) is -0.697. The molecule has 0 saturated carbocycles. The zero-order valence-corrected chi connectivity index (χ0v) is 7.37. The molecule has 0 radical (unpaired) electrons. The van der Waals surface area contributed by atoms with Crippen LogP contribution in [0.1, 0.15) is 26.7 Å². The zero-order valence-electron chi connectivity index (χ0n) is 7.37. The van der Waals surface area contributed by atoms with Gasteiger partial charge in [-0.3, -0.25) is 9.59 Å². The van der Waals surface area contributed by atoms with Crippen molar-refractivity contribution in [3.63, 3.8) is 0 Å². The highest BCUT2D eigenvalue weighted by Gasteiger charge is 2.12. The fourth-order valence-electron chi connectivity index (χ4n) is 0.691. The predicted molar refractivity (Wildman–Crippen MR) is 42.6 cm³/mol. The normalized spacial score (nSPS) is 12.2. The maximum atomic E-state index is 10.7. The number of rotatable bonds is 5. The first-order valence-electron chi connectivity index (χ1n) is 3.92. The highest BCUT2D eigenvalue weighted by molar-refractivity contribution is 5.80. The SMILES string of the molecule is CCOC(=O)CCC(O)C(C)=O. The first-order valence-corrected chi connectivity index (χ1v) is 3.92. The number of hydrogen-bond acceptors (Lipinski definition) is 4. The van der Waals surface area contributed by atoms with Gasteiger partial charge in [0.15, 0.2) is 5.78 Å². The number of aliphatic hydroxyl groups is 1. The third-order valence-corrected chi connectivity index (χ3v) is 1.40. The molecular weight excluding hydrogens is 160 g/mol. The van der Waals surface area contributed by atoms with Crippen molar-refractivity contribution >= 4 is 11.8 Å². The van der Waals surface area contributed by atoms with E-state index in [0.29, 0.717) is 6.61 Å². The van der Waals surface area contributed by atoms with Crippen molar-refractivity contribution in [2.24, 2.45) is 0 Å². The highest BCUT2D eigenvalue weighted by Crippen LogP contribution is 1.99. The van der Waals surface area contributed by atoms with Crippen molar-refractivity contribution in [2.45, 2.75) is 32.8 Å². The largest absolute Gasteiger partial charge is 0.466 e. The number of Topliss-reactive ketones (excluding diaryl/α,β-unsaturated/α-hetero) is 1. The van der Waals surface area contributed by atoms with Crippen LogP contribution in [-0.2, 0) is 14.3 Å². The molecule has 1 atom stereocenters. The van der Waals surface area contributed by atoms with Crippen LogP contribution in [0.4, 0.5) is 0 Å². The Morgan fingerprint density at radius 2 is 2.08 bits per heavy atom. The van der Waals surface area contributed by atoms with E-state index >= 15 is 0 Å². The summed E-state index contributed by atoms with van der Waals surface area (Å²) in [5.41, 5.74) is 0. The molecule has 1 unspecified atom stereocenters. The second-order valence-electron chi connectivity index (χ2n) is 2.47. The van der Waals surface area contributed by atoms with E-state index < -0.39 is 6.10 Å². The van der Waals surface area contributed by atoms with E-state index in [-0.39, 0.29) is 24.6 Å². The molecule has 12 heavy (non-hydrogen) atoms. The van der Waals surface area contributed by atoms with Gasteiger partial charge in [0, 0.05) is 6.42 Å². The molecule has 4 heteroatoms. The average Bonchev–Trinajstić information content (AvgIpc) is 2.00. The molecule has 0 spiro atoms. The molecule has 0 aliphatic heterocycles. The van der Waals surface area contributed by atoms with Crippen LogP contribution in [0, 0.1) is 0 Å². The molecule has 0 saturated heterocycles. The molecule has 0 aromatic rings. The summed E-state index contributed by atoms with van der Waals surface area (Å²) >= 11 is 0. The van der Waals surface area contributed by atoms with Crippen molar-refractivity contribution < 1.29 is 19.4 Å². The van der Waals surface area contributed by atoms with E-state index in [1.807, 2.05) is 0 Å². The molecule has 0 amide bonds. The second kappa shape index (κ2) is 5.71. The Morgan fingerprint density at radius 1 is 1.50 bits per heavy atom. The minimum absolute atomic E-state index is 0.0919. The summed E-state index contributed by atoms with van der Waals surface area (Å²) in [4.78, 5) is 21.2. The molecule has 0 fully saturated rings. The third-order valence-electron chi connectivity index (χ3n) is 1.40. The van der Waals surface area contributed by atoms with Crippen LogP contribution in [0.3, 0.4) is 0 Å². The average molecular weight is 174 g/mol. The van der Waals surface area contributed by atoms with E-state index in [1.165, 1.54) is 6.92 Å². The van der Waals surface area contributed by atoms with Crippen LogP contribution < -0.4 is 0 Å². The molecular formula is C8H14O4. The summed E-state index contributed by atoms with van der Waals surface area (Å²) in [6.45, 7) is 3.32. The van der Waals surface area contributed by atoms with Crippen LogP contribution in [0.5, 0.6) is 0 Å². The van der Waals surface area contributed by atoms with Gasteiger partial charge >= 0.3 is 5.97 Å². The van der Waals surface area contributed by atoms with Gasteiger partial charge < -0.3 is 9.84 Å². The fourth-order valence-corrected chi connectivity index (χ4v) is 0.691. The van der Waals surface area contributed by atoms with E-state index in [0.717, 1.165) is 0 Å². The molecule has 0 aliphatic rings. The van der Waals surface area contributed by atoms with Gasteiger partial charge in [-0.2, -0.15) is 0 Å². The number of aliphatic hydroxyl groups excluding tert-OH is 1. The first-order chi connectivity index (χ1) is 5.57. The second-order valence-corrected chi connectivity index (χ2v) is 2.47. The van der Waals surface area contributed by atoms with E-state index in [4.69, 9.17) is 5.11 Å². The van der Waals surface area contributed by atoms with Gasteiger partial charge in [0.25, 0.3) is 0 Å². The minimum Gasteiger partial charge on any atom is -0.466 e. The molecule has 0 bridgehead atoms. The van der Waals surface area contributed by atoms with Crippen molar-refractivity contribution in [1.82, 2.24) is 0 Å². The summed E-state index contributed by atoms with van der Waals surface area (Å²) in [6.07, 6.45) is -0.794. The van der Waals surface area contributed by atoms with Crippen molar-refractivity contribution in [2.75, 3.05) is 6.61 Å². The van der Waals surface area contributed by atoms with Crippen LogP contribution in [0.2, 0.25) is 0 Å². The number of carbonyl (C=O) groups is 2. The highest BCUT2D eigenvalue weighted by atomic mass is 16.5. The monoisotopic (exact) mass is 174 g/mol. The molecule has 0 rings (SSSR count). The number of carbonyl (C=O) groups excluding carboxylic acids is 2. The minimum atomic E-state index is -1.03. The Kier molecular flexibility index (Phi) is 5.28. The molecule has 0 aromatic carbocycles. The standard InChI is InChI=1S/C8H14O4/c1-3-12-8(11)5-4-7(10)6(2)9/h7,10H,3-5H2,1-2H3. The van der Waals surface area contributed by atoms with E-state index in [2.05, 4.69) is 4.74 Å². The number of hydrogen-bond donors (Lipinski definition) is 1. The van der Waals surface area contributed by atoms with Gasteiger partial charge in [0.2, 0.25) is 0 Å². The third kappa shape index (κ3) is 4.85. The van der Waals surface area contributed by atoms with Crippen LogP contribution >= 0.6 is 0 Å². The Hall–Kier alpha value is -0.900. The summed E-state index contributed by atoms with van der Waals surface area (Å²) in [5, 5.41) is 8.99. The number of esters is 1. The fraction of sp³-hybridized carbons (Fsp3) is 0.750. The van der Waals surface area contributed by atoms with E-state index in [9.17, 15) is 9.59 Å². The summed E-state index contributed by atoms with van der Waals surface area (Å²) < 4.78 is 4.61. The summed E-state index contributed by atoms with van der Waals surface area (Å²) in [6, 6.07) is 0. The van der Waals surface area contributed by atoms with Gasteiger partial charge in [0.05, 0.1) is 6.61 Å². The lowest BCUT2D eigenvalue weighted by atomic mass is 10.1. The van der Waals surface area contributed by atoms with Gasteiger partial charge in [-0.15, -0.1) is 0 Å². The van der Waals surface area contributed by atoms with Crippen LogP contribution in [0.25, 0.3) is 0 Å². The van der Waals surface area contributed by atoms with Crippen LogP contribution in [-0.4, -0.2) is 29.6 Å². The molecule has 1 N–H and O–H groups in total. The Bertz CT molecular complexity index is 164. The molecule has 4 nitrogen and oxygen atoms in total. The first kappa shape index (κ1) is 11.1. The molecule has 0 aliphatic carbocycles. The van der Waals surface area contributed by atoms with Gasteiger partial charge in [0.1, 0.15) is 6.10 Å². The molecule has 0 heterocycles. The number of ether oxygens (including phenoxy) is 1.